The fraction of sp³-hybridized carbons (Fsp3) is 0.158. The molecule has 0 saturated carbocycles. The molecule has 0 radical (unpaired) electrons. The Morgan fingerprint density at radius 2 is 1.85 bits per heavy atom. The zero-order chi connectivity index (χ0) is 19.2. The van der Waals surface area contributed by atoms with E-state index < -0.39 is 10.0 Å². The summed E-state index contributed by atoms with van der Waals surface area (Å²) in [5.74, 6) is 1.89. The number of ketones is 1. The van der Waals surface area contributed by atoms with Crippen LogP contribution in [0.25, 0.3) is 0 Å². The fourth-order valence-electron chi connectivity index (χ4n) is 2.17. The minimum Gasteiger partial charge on any atom is -0.326 e. The summed E-state index contributed by atoms with van der Waals surface area (Å²) in [7, 11) is -3.80. The summed E-state index contributed by atoms with van der Waals surface area (Å²) in [5.41, 5.74) is 1.48. The highest BCUT2D eigenvalue weighted by Crippen LogP contribution is 2.12. The largest absolute Gasteiger partial charge is 0.326 e. The monoisotopic (exact) mass is 370 g/mol. The van der Waals surface area contributed by atoms with Crippen molar-refractivity contribution in [3.05, 3.63) is 59.7 Å². The fourth-order valence-corrected chi connectivity index (χ4v) is 3.25. The highest BCUT2D eigenvalue weighted by Gasteiger charge is 2.15. The van der Waals surface area contributed by atoms with E-state index in [1.807, 2.05) is 0 Å². The molecule has 1 amide bonds. The molecule has 0 bridgehead atoms. The summed E-state index contributed by atoms with van der Waals surface area (Å²) in [6.07, 6.45) is 5.25. The van der Waals surface area contributed by atoms with Crippen LogP contribution in [0.1, 0.15) is 29.3 Å². The summed E-state index contributed by atoms with van der Waals surface area (Å²) in [5, 5.41) is 2.65. The minimum atomic E-state index is -3.80. The highest BCUT2D eigenvalue weighted by atomic mass is 32.2. The quantitative estimate of drug-likeness (QED) is 0.577. The normalized spacial score (nSPS) is 10.8. The van der Waals surface area contributed by atoms with Crippen LogP contribution >= 0.6 is 0 Å². The van der Waals surface area contributed by atoms with Gasteiger partial charge in [0.1, 0.15) is 0 Å². The van der Waals surface area contributed by atoms with E-state index in [-0.39, 0.29) is 29.6 Å². The number of rotatable bonds is 7. The number of carbonyl (C=O) groups excluding carboxylic acids is 2. The van der Waals surface area contributed by atoms with Crippen LogP contribution in [0.3, 0.4) is 0 Å². The van der Waals surface area contributed by atoms with Gasteiger partial charge in [-0.05, 0) is 37.3 Å². The lowest BCUT2D eigenvalue weighted by molar-refractivity contribution is -0.116. The number of carbonyl (C=O) groups is 2. The third-order valence-corrected chi connectivity index (χ3v) is 4.97. The predicted molar refractivity (Wildman–Crippen MR) is 99.3 cm³/mol. The lowest BCUT2D eigenvalue weighted by Gasteiger charge is -2.08. The van der Waals surface area contributed by atoms with E-state index in [4.69, 9.17) is 6.42 Å². The molecule has 2 rings (SSSR count). The maximum absolute atomic E-state index is 12.3. The van der Waals surface area contributed by atoms with Crippen LogP contribution < -0.4 is 10.0 Å². The summed E-state index contributed by atoms with van der Waals surface area (Å²) < 4.78 is 26.9. The standard InChI is InChI=1S/C19H18N2O4S/c1-3-15-6-4-8-17(12-15)21-19(23)10-11-20-26(24,25)18-9-5-7-16(13-18)14(2)22/h1,4-9,12-13,20H,10-11H2,2H3,(H,21,23). The first kappa shape index (κ1) is 19.4. The van der Waals surface area contributed by atoms with Crippen LogP contribution in [-0.2, 0) is 14.8 Å². The van der Waals surface area contributed by atoms with Gasteiger partial charge in [0.05, 0.1) is 4.90 Å². The molecule has 0 aliphatic carbocycles. The van der Waals surface area contributed by atoms with Crippen LogP contribution in [0.2, 0.25) is 0 Å². The van der Waals surface area contributed by atoms with Gasteiger partial charge in [0.25, 0.3) is 0 Å². The molecule has 2 aromatic rings. The zero-order valence-electron chi connectivity index (χ0n) is 14.2. The average molecular weight is 370 g/mol. The number of anilines is 1. The molecule has 0 fully saturated rings. The molecule has 6 nitrogen and oxygen atoms in total. The average Bonchev–Trinajstić information content (AvgIpc) is 2.61. The van der Waals surface area contributed by atoms with E-state index in [1.54, 1.807) is 30.3 Å². The Balaban J connectivity index is 1.93. The van der Waals surface area contributed by atoms with Crippen molar-refractivity contribution in [1.29, 1.82) is 0 Å². The molecule has 0 spiro atoms. The van der Waals surface area contributed by atoms with Crippen molar-refractivity contribution in [3.63, 3.8) is 0 Å². The van der Waals surface area contributed by atoms with Gasteiger partial charge in [0.2, 0.25) is 15.9 Å². The molecule has 2 N–H and O–H groups in total. The first-order valence-corrected chi connectivity index (χ1v) is 9.27. The maximum Gasteiger partial charge on any atom is 0.240 e. The predicted octanol–water partition coefficient (Wildman–Crippen LogP) is 2.18. The molecule has 0 heterocycles. The van der Waals surface area contributed by atoms with Crippen LogP contribution in [0, 0.1) is 12.3 Å². The topological polar surface area (TPSA) is 92.3 Å². The summed E-state index contributed by atoms with van der Waals surface area (Å²) in [6.45, 7) is 1.28. The van der Waals surface area contributed by atoms with Crippen molar-refractivity contribution in [2.24, 2.45) is 0 Å². The van der Waals surface area contributed by atoms with Crippen LogP contribution in [0.15, 0.2) is 53.4 Å². The number of Topliss-reactive ketones (excluding diaryl/α,β-unsaturated/α-hetero) is 1. The SMILES string of the molecule is C#Cc1cccc(NC(=O)CCNS(=O)(=O)c2cccc(C(C)=O)c2)c1. The number of hydrogen-bond donors (Lipinski definition) is 2. The van der Waals surface area contributed by atoms with Crippen molar-refractivity contribution in [2.45, 2.75) is 18.2 Å². The van der Waals surface area contributed by atoms with E-state index in [9.17, 15) is 18.0 Å². The van der Waals surface area contributed by atoms with Gasteiger partial charge in [0.15, 0.2) is 5.78 Å². The lowest BCUT2D eigenvalue weighted by Crippen LogP contribution is -2.28. The van der Waals surface area contributed by atoms with Gasteiger partial charge >= 0.3 is 0 Å². The van der Waals surface area contributed by atoms with Gasteiger partial charge in [-0.2, -0.15) is 0 Å². The molecule has 0 aliphatic rings. The van der Waals surface area contributed by atoms with Crippen molar-refractivity contribution in [1.82, 2.24) is 4.72 Å². The summed E-state index contributed by atoms with van der Waals surface area (Å²) in [4.78, 5) is 23.3. The molecule has 0 aliphatic heterocycles. The molecule has 0 saturated heterocycles. The van der Waals surface area contributed by atoms with Crippen LogP contribution in [-0.4, -0.2) is 26.7 Å². The summed E-state index contributed by atoms with van der Waals surface area (Å²) in [6, 6.07) is 12.5. The van der Waals surface area contributed by atoms with Gasteiger partial charge in [-0.15, -0.1) is 6.42 Å². The smallest absolute Gasteiger partial charge is 0.240 e. The number of terminal acetylenes is 1. The number of benzene rings is 2. The minimum absolute atomic E-state index is 0.0210. The second-order valence-corrected chi connectivity index (χ2v) is 7.27. The number of hydrogen-bond acceptors (Lipinski definition) is 4. The molecule has 7 heteroatoms. The first-order chi connectivity index (χ1) is 12.3. The van der Waals surface area contributed by atoms with Gasteiger partial charge in [-0.3, -0.25) is 9.59 Å². The van der Waals surface area contributed by atoms with Crippen LogP contribution in [0.5, 0.6) is 0 Å². The Bertz CT molecular complexity index is 975. The summed E-state index contributed by atoms with van der Waals surface area (Å²) >= 11 is 0. The second-order valence-electron chi connectivity index (χ2n) is 5.51. The molecule has 0 aromatic heterocycles. The molecular weight excluding hydrogens is 352 g/mol. The Morgan fingerprint density at radius 1 is 1.12 bits per heavy atom. The van der Waals surface area contributed by atoms with Crippen molar-refractivity contribution in [2.75, 3.05) is 11.9 Å². The van der Waals surface area contributed by atoms with Gasteiger partial charge in [0, 0.05) is 29.8 Å². The Labute approximate surface area is 152 Å². The van der Waals surface area contributed by atoms with Gasteiger partial charge in [-0.1, -0.05) is 24.1 Å². The van der Waals surface area contributed by atoms with Crippen molar-refractivity contribution in [3.8, 4) is 12.3 Å². The Hall–Kier alpha value is -2.95. The van der Waals surface area contributed by atoms with Gasteiger partial charge < -0.3 is 5.32 Å². The van der Waals surface area contributed by atoms with Gasteiger partial charge in [-0.25, -0.2) is 13.1 Å². The lowest BCUT2D eigenvalue weighted by atomic mass is 10.2. The molecule has 2 aromatic carbocycles. The number of nitrogens with one attached hydrogen (secondary N) is 2. The molecule has 134 valence electrons. The maximum atomic E-state index is 12.3. The first-order valence-electron chi connectivity index (χ1n) is 7.79. The number of sulfonamides is 1. The Morgan fingerprint density at radius 3 is 2.54 bits per heavy atom. The molecular formula is C19H18N2O4S. The van der Waals surface area contributed by atoms with Crippen molar-refractivity contribution < 1.29 is 18.0 Å². The molecule has 0 atom stereocenters. The van der Waals surface area contributed by atoms with E-state index in [1.165, 1.54) is 25.1 Å². The highest BCUT2D eigenvalue weighted by molar-refractivity contribution is 7.89. The third kappa shape index (κ3) is 5.28. The number of amides is 1. The van der Waals surface area contributed by atoms with E-state index in [0.29, 0.717) is 16.8 Å². The second kappa shape index (κ2) is 8.43. The van der Waals surface area contributed by atoms with E-state index in [0.717, 1.165) is 0 Å². The third-order valence-electron chi connectivity index (χ3n) is 3.51. The van der Waals surface area contributed by atoms with E-state index in [2.05, 4.69) is 16.0 Å². The molecule has 0 unspecified atom stereocenters. The Kier molecular flexibility index (Phi) is 6.28. The van der Waals surface area contributed by atoms with Crippen molar-refractivity contribution >= 4 is 27.4 Å². The zero-order valence-corrected chi connectivity index (χ0v) is 15.0. The molecule has 26 heavy (non-hydrogen) atoms. The van der Waals surface area contributed by atoms with E-state index >= 15 is 0 Å². The van der Waals surface area contributed by atoms with Crippen LogP contribution in [0.4, 0.5) is 5.69 Å².